The van der Waals surface area contributed by atoms with E-state index >= 15 is 0 Å². The van der Waals surface area contributed by atoms with E-state index in [1.165, 1.54) is 38.5 Å². The zero-order valence-electron chi connectivity index (χ0n) is 15.7. The Hall–Kier alpha value is -0.0800. The van der Waals surface area contributed by atoms with Gasteiger partial charge in [0.1, 0.15) is 0 Å². The van der Waals surface area contributed by atoms with Crippen molar-refractivity contribution in [2.24, 2.45) is 22.2 Å². The SMILES string of the molecule is CCN=C(NC1C2CCOC2C12CCC2)N(C)CCOCC1CC1.I. The first kappa shape index (κ1) is 19.7. The summed E-state index contributed by atoms with van der Waals surface area (Å²) in [6, 6.07) is 0.555. The molecule has 1 saturated heterocycles. The highest BCUT2D eigenvalue weighted by molar-refractivity contribution is 14.0. The number of ether oxygens (including phenoxy) is 2. The van der Waals surface area contributed by atoms with Gasteiger partial charge in [-0.2, -0.15) is 0 Å². The minimum absolute atomic E-state index is 0. The lowest BCUT2D eigenvalue weighted by Gasteiger charge is -2.63. The zero-order chi connectivity index (χ0) is 16.6. The number of likely N-dealkylation sites (N-methyl/N-ethyl adjacent to an activating group) is 1. The molecule has 0 aromatic rings. The van der Waals surface area contributed by atoms with Crippen molar-refractivity contribution in [1.82, 2.24) is 10.2 Å². The van der Waals surface area contributed by atoms with Gasteiger partial charge in [0.25, 0.3) is 0 Å². The van der Waals surface area contributed by atoms with Gasteiger partial charge in [0.15, 0.2) is 5.96 Å². The lowest BCUT2D eigenvalue weighted by atomic mass is 9.46. The summed E-state index contributed by atoms with van der Waals surface area (Å²) in [5, 5.41) is 3.82. The molecule has 1 spiro atoms. The van der Waals surface area contributed by atoms with E-state index in [4.69, 9.17) is 14.5 Å². The molecule has 0 aromatic carbocycles. The molecule has 5 nitrogen and oxygen atoms in total. The second-order valence-electron chi connectivity index (χ2n) is 8.19. The van der Waals surface area contributed by atoms with Crippen molar-refractivity contribution in [2.45, 2.75) is 57.6 Å². The monoisotopic (exact) mass is 463 g/mol. The Morgan fingerprint density at radius 1 is 1.32 bits per heavy atom. The number of nitrogens with one attached hydrogen (secondary N) is 1. The predicted octanol–water partition coefficient (Wildman–Crippen LogP) is 2.89. The Bertz CT molecular complexity index is 479. The van der Waals surface area contributed by atoms with Gasteiger partial charge in [0.2, 0.25) is 0 Å². The minimum atomic E-state index is 0. The highest BCUT2D eigenvalue weighted by atomic mass is 127. The van der Waals surface area contributed by atoms with Crippen LogP contribution in [0.25, 0.3) is 0 Å². The van der Waals surface area contributed by atoms with Crippen molar-refractivity contribution in [3.05, 3.63) is 0 Å². The second kappa shape index (κ2) is 8.30. The van der Waals surface area contributed by atoms with Crippen LogP contribution in [0.1, 0.15) is 45.4 Å². The molecular weight excluding hydrogens is 429 g/mol. The molecule has 3 aliphatic carbocycles. The average Bonchev–Trinajstić information content (AvgIpc) is 3.26. The Kier molecular flexibility index (Phi) is 6.53. The number of rotatable bonds is 7. The summed E-state index contributed by atoms with van der Waals surface area (Å²) in [4.78, 5) is 6.99. The molecule has 4 rings (SSSR count). The van der Waals surface area contributed by atoms with Crippen molar-refractivity contribution < 1.29 is 9.47 Å². The molecule has 0 amide bonds. The largest absolute Gasteiger partial charge is 0.379 e. The maximum Gasteiger partial charge on any atom is 0.193 e. The summed E-state index contributed by atoms with van der Waals surface area (Å²) in [7, 11) is 2.14. The van der Waals surface area contributed by atoms with Crippen LogP contribution in [0.5, 0.6) is 0 Å². The van der Waals surface area contributed by atoms with E-state index in [1.807, 2.05) is 0 Å². The predicted molar refractivity (Wildman–Crippen MR) is 111 cm³/mol. The number of aliphatic imine (C=N–C) groups is 1. The first-order chi connectivity index (χ1) is 11.7. The van der Waals surface area contributed by atoms with Crippen LogP contribution < -0.4 is 5.32 Å². The molecule has 0 radical (unpaired) electrons. The lowest BCUT2D eigenvalue weighted by molar-refractivity contribution is -0.171. The summed E-state index contributed by atoms with van der Waals surface area (Å²) < 4.78 is 11.8. The Morgan fingerprint density at radius 3 is 2.76 bits per heavy atom. The van der Waals surface area contributed by atoms with Crippen molar-refractivity contribution in [3.63, 3.8) is 0 Å². The van der Waals surface area contributed by atoms with Crippen LogP contribution in [0.3, 0.4) is 0 Å². The highest BCUT2D eigenvalue weighted by Gasteiger charge is 2.66. The first-order valence-corrected chi connectivity index (χ1v) is 9.96. The summed E-state index contributed by atoms with van der Waals surface area (Å²) in [5.41, 5.74) is 0.402. The average molecular weight is 463 g/mol. The molecule has 25 heavy (non-hydrogen) atoms. The molecule has 3 saturated carbocycles. The quantitative estimate of drug-likeness (QED) is 0.273. The van der Waals surface area contributed by atoms with Crippen LogP contribution in [0.15, 0.2) is 4.99 Å². The van der Waals surface area contributed by atoms with Crippen LogP contribution in [0.2, 0.25) is 0 Å². The van der Waals surface area contributed by atoms with Gasteiger partial charge in [-0.15, -0.1) is 24.0 Å². The molecule has 1 heterocycles. The van der Waals surface area contributed by atoms with Gasteiger partial charge < -0.3 is 19.7 Å². The van der Waals surface area contributed by atoms with Crippen molar-refractivity contribution in [2.75, 3.05) is 40.0 Å². The highest BCUT2D eigenvalue weighted by Crippen LogP contribution is 2.62. The fourth-order valence-electron chi connectivity index (χ4n) is 4.86. The molecule has 0 bridgehead atoms. The fourth-order valence-corrected chi connectivity index (χ4v) is 4.86. The number of nitrogens with zero attached hydrogens (tertiary/aromatic N) is 2. The third-order valence-corrected chi connectivity index (χ3v) is 6.61. The molecule has 3 atom stereocenters. The van der Waals surface area contributed by atoms with Gasteiger partial charge in [-0.25, -0.2) is 0 Å². The number of hydrogen-bond donors (Lipinski definition) is 1. The van der Waals surface area contributed by atoms with E-state index in [2.05, 4.69) is 24.2 Å². The molecule has 3 unspecified atom stereocenters. The Morgan fingerprint density at radius 2 is 2.12 bits per heavy atom. The summed E-state index contributed by atoms with van der Waals surface area (Å²) in [6.07, 6.45) is 8.42. The van der Waals surface area contributed by atoms with E-state index in [0.29, 0.717) is 23.5 Å². The molecule has 6 heteroatoms. The molecular formula is C19H34IN3O2. The number of fused-ring (bicyclic) bond motifs is 2. The number of hydrogen-bond acceptors (Lipinski definition) is 3. The van der Waals surface area contributed by atoms with E-state index in [1.54, 1.807) is 0 Å². The zero-order valence-corrected chi connectivity index (χ0v) is 18.0. The number of halogens is 1. The van der Waals surface area contributed by atoms with Gasteiger partial charge in [-0.1, -0.05) is 6.42 Å². The molecule has 144 valence electrons. The fraction of sp³-hybridized carbons (Fsp3) is 0.947. The van der Waals surface area contributed by atoms with E-state index in [-0.39, 0.29) is 24.0 Å². The second-order valence-corrected chi connectivity index (χ2v) is 8.19. The maximum absolute atomic E-state index is 6.04. The number of guanidine groups is 1. The van der Waals surface area contributed by atoms with E-state index in [9.17, 15) is 0 Å². The van der Waals surface area contributed by atoms with E-state index < -0.39 is 0 Å². The van der Waals surface area contributed by atoms with Crippen molar-refractivity contribution >= 4 is 29.9 Å². The summed E-state index contributed by atoms with van der Waals surface area (Å²) in [5.74, 6) is 2.57. The van der Waals surface area contributed by atoms with Gasteiger partial charge in [-0.3, -0.25) is 4.99 Å². The van der Waals surface area contributed by atoms with Gasteiger partial charge in [0.05, 0.1) is 12.7 Å². The van der Waals surface area contributed by atoms with Crippen LogP contribution in [-0.4, -0.2) is 63.0 Å². The lowest BCUT2D eigenvalue weighted by Crippen LogP contribution is -2.72. The minimum Gasteiger partial charge on any atom is -0.379 e. The van der Waals surface area contributed by atoms with Gasteiger partial charge in [-0.05, 0) is 44.9 Å². The van der Waals surface area contributed by atoms with Crippen LogP contribution in [0, 0.1) is 17.3 Å². The molecule has 4 fully saturated rings. The van der Waals surface area contributed by atoms with Crippen molar-refractivity contribution in [1.29, 1.82) is 0 Å². The van der Waals surface area contributed by atoms with Crippen LogP contribution in [-0.2, 0) is 9.47 Å². The molecule has 1 N–H and O–H groups in total. The summed E-state index contributed by atoms with van der Waals surface area (Å²) >= 11 is 0. The van der Waals surface area contributed by atoms with Gasteiger partial charge in [0, 0.05) is 50.7 Å². The summed E-state index contributed by atoms with van der Waals surface area (Å²) in [6.45, 7) is 6.51. The topological polar surface area (TPSA) is 46.1 Å². The molecule has 4 aliphatic rings. The third kappa shape index (κ3) is 3.81. The normalized spacial score (nSPS) is 32.4. The smallest absolute Gasteiger partial charge is 0.193 e. The standard InChI is InChI=1S/C19H33N3O2.HI/c1-3-20-18(22(2)10-12-23-13-14-5-6-14)21-16-15-7-11-24-17(15)19(16)8-4-9-19;/h14-17H,3-13H2,1-2H3,(H,20,21);1H. The maximum atomic E-state index is 6.04. The third-order valence-electron chi connectivity index (χ3n) is 6.61. The van der Waals surface area contributed by atoms with E-state index in [0.717, 1.165) is 44.8 Å². The Balaban J connectivity index is 0.00000182. The molecule has 0 aromatic heterocycles. The van der Waals surface area contributed by atoms with Crippen LogP contribution >= 0.6 is 24.0 Å². The van der Waals surface area contributed by atoms with Gasteiger partial charge >= 0.3 is 0 Å². The Labute approximate surface area is 169 Å². The molecule has 1 aliphatic heterocycles. The van der Waals surface area contributed by atoms with Crippen molar-refractivity contribution in [3.8, 4) is 0 Å². The van der Waals surface area contributed by atoms with Crippen LogP contribution in [0.4, 0.5) is 0 Å². The first-order valence-electron chi connectivity index (χ1n) is 9.96.